The van der Waals surface area contributed by atoms with Gasteiger partial charge < -0.3 is 9.55 Å². The van der Waals surface area contributed by atoms with Crippen LogP contribution in [0.15, 0.2) is 47.4 Å². The molecule has 0 bridgehead atoms. The van der Waals surface area contributed by atoms with Crippen LogP contribution in [0.25, 0.3) is 22.4 Å². The van der Waals surface area contributed by atoms with Gasteiger partial charge in [-0.1, -0.05) is 19.1 Å². The van der Waals surface area contributed by atoms with E-state index in [-0.39, 0.29) is 5.56 Å². The Hall–Kier alpha value is -2.36. The summed E-state index contributed by atoms with van der Waals surface area (Å²) in [7, 11) is 0. The summed E-state index contributed by atoms with van der Waals surface area (Å²) in [5.41, 5.74) is 2.95. The molecule has 4 nitrogen and oxygen atoms in total. The Morgan fingerprint density at radius 3 is 2.79 bits per heavy atom. The van der Waals surface area contributed by atoms with E-state index in [1.165, 1.54) is 6.07 Å². The zero-order valence-corrected chi connectivity index (χ0v) is 10.8. The molecule has 0 aliphatic carbocycles. The van der Waals surface area contributed by atoms with Crippen LogP contribution in [0.1, 0.15) is 13.3 Å². The van der Waals surface area contributed by atoms with Gasteiger partial charge in [0.15, 0.2) is 0 Å². The third kappa shape index (κ3) is 2.05. The molecule has 3 rings (SSSR count). The van der Waals surface area contributed by atoms with Crippen LogP contribution in [0.2, 0.25) is 0 Å². The highest BCUT2D eigenvalue weighted by atomic mass is 16.1. The van der Waals surface area contributed by atoms with Crippen molar-refractivity contribution in [2.45, 2.75) is 19.9 Å². The van der Waals surface area contributed by atoms with Crippen molar-refractivity contribution in [3.8, 4) is 11.4 Å². The molecular weight excluding hydrogens is 238 g/mol. The van der Waals surface area contributed by atoms with Crippen LogP contribution in [-0.2, 0) is 6.54 Å². The Morgan fingerprint density at radius 1 is 1.21 bits per heavy atom. The number of aryl methyl sites for hydroxylation is 1. The Morgan fingerprint density at radius 2 is 2.05 bits per heavy atom. The SMILES string of the molecule is CCCn1c(-c2ccc(=O)[nH]c2)nc2ccccc21. The van der Waals surface area contributed by atoms with Crippen molar-refractivity contribution < 1.29 is 0 Å². The maximum Gasteiger partial charge on any atom is 0.247 e. The molecule has 0 aliphatic rings. The third-order valence-corrected chi connectivity index (χ3v) is 3.14. The number of aromatic nitrogens is 3. The van der Waals surface area contributed by atoms with Crippen molar-refractivity contribution in [1.29, 1.82) is 0 Å². The van der Waals surface area contributed by atoms with E-state index in [1.54, 1.807) is 6.20 Å². The predicted molar refractivity (Wildman–Crippen MR) is 76.1 cm³/mol. The van der Waals surface area contributed by atoms with E-state index in [1.807, 2.05) is 24.3 Å². The number of hydrogen-bond donors (Lipinski definition) is 1. The normalized spacial score (nSPS) is 11.0. The molecule has 0 amide bonds. The number of pyridine rings is 1. The topological polar surface area (TPSA) is 50.7 Å². The van der Waals surface area contributed by atoms with Gasteiger partial charge in [-0.05, 0) is 24.6 Å². The maximum absolute atomic E-state index is 11.2. The second-order valence-electron chi connectivity index (χ2n) is 4.52. The van der Waals surface area contributed by atoms with E-state index in [0.29, 0.717) is 0 Å². The number of benzene rings is 1. The first-order valence-electron chi connectivity index (χ1n) is 6.44. The highest BCUT2D eigenvalue weighted by Gasteiger charge is 2.11. The first kappa shape index (κ1) is 11.7. The molecule has 0 atom stereocenters. The zero-order valence-electron chi connectivity index (χ0n) is 10.8. The molecule has 0 unspecified atom stereocenters. The number of para-hydroxylation sites is 2. The average Bonchev–Trinajstić information content (AvgIpc) is 2.79. The van der Waals surface area contributed by atoms with Crippen molar-refractivity contribution in [2.75, 3.05) is 0 Å². The van der Waals surface area contributed by atoms with E-state index >= 15 is 0 Å². The van der Waals surface area contributed by atoms with Gasteiger partial charge in [-0.2, -0.15) is 0 Å². The summed E-state index contributed by atoms with van der Waals surface area (Å²) in [6.07, 6.45) is 2.76. The van der Waals surface area contributed by atoms with Crippen molar-refractivity contribution in [1.82, 2.24) is 14.5 Å². The Balaban J connectivity index is 2.24. The molecule has 0 spiro atoms. The van der Waals surface area contributed by atoms with Crippen LogP contribution in [0.3, 0.4) is 0 Å². The van der Waals surface area contributed by atoms with Gasteiger partial charge in [-0.15, -0.1) is 0 Å². The van der Waals surface area contributed by atoms with Crippen LogP contribution in [0, 0.1) is 0 Å². The van der Waals surface area contributed by atoms with Crippen LogP contribution in [0.4, 0.5) is 0 Å². The molecule has 1 aromatic carbocycles. The number of hydrogen-bond acceptors (Lipinski definition) is 2. The van der Waals surface area contributed by atoms with E-state index < -0.39 is 0 Å². The Kier molecular flexibility index (Phi) is 2.91. The molecule has 0 aliphatic heterocycles. The van der Waals surface area contributed by atoms with Crippen molar-refractivity contribution in [3.05, 3.63) is 52.9 Å². The predicted octanol–water partition coefficient (Wildman–Crippen LogP) is 2.80. The zero-order chi connectivity index (χ0) is 13.2. The number of nitrogens with one attached hydrogen (secondary N) is 1. The summed E-state index contributed by atoms with van der Waals surface area (Å²) in [5, 5.41) is 0. The number of nitrogens with zero attached hydrogens (tertiary/aromatic N) is 2. The summed E-state index contributed by atoms with van der Waals surface area (Å²) in [5.74, 6) is 0.902. The van der Waals surface area contributed by atoms with Crippen LogP contribution in [0.5, 0.6) is 0 Å². The van der Waals surface area contributed by atoms with Crippen molar-refractivity contribution in [3.63, 3.8) is 0 Å². The minimum atomic E-state index is -0.0955. The van der Waals surface area contributed by atoms with Gasteiger partial charge in [0.05, 0.1) is 11.0 Å². The van der Waals surface area contributed by atoms with Crippen molar-refractivity contribution in [2.24, 2.45) is 0 Å². The third-order valence-electron chi connectivity index (χ3n) is 3.14. The van der Waals surface area contributed by atoms with E-state index in [0.717, 1.165) is 35.4 Å². The van der Waals surface area contributed by atoms with Crippen molar-refractivity contribution >= 4 is 11.0 Å². The molecule has 4 heteroatoms. The standard InChI is InChI=1S/C15H15N3O/c1-2-9-18-13-6-4-3-5-12(13)17-15(18)11-7-8-14(19)16-10-11/h3-8,10H,2,9H2,1H3,(H,16,19). The van der Waals surface area contributed by atoms with Gasteiger partial charge in [-0.3, -0.25) is 4.79 Å². The number of imidazole rings is 1. The second kappa shape index (κ2) is 4.72. The number of rotatable bonds is 3. The summed E-state index contributed by atoms with van der Waals surface area (Å²) in [6.45, 7) is 3.06. The molecule has 3 aromatic rings. The fourth-order valence-electron chi connectivity index (χ4n) is 2.30. The first-order valence-corrected chi connectivity index (χ1v) is 6.44. The van der Waals surface area contributed by atoms with E-state index in [2.05, 4.69) is 27.5 Å². The summed E-state index contributed by atoms with van der Waals surface area (Å²) in [6, 6.07) is 11.4. The smallest absolute Gasteiger partial charge is 0.247 e. The molecule has 1 N–H and O–H groups in total. The molecule has 96 valence electrons. The average molecular weight is 253 g/mol. The molecule has 2 aromatic heterocycles. The lowest BCUT2D eigenvalue weighted by atomic mass is 10.2. The van der Waals surface area contributed by atoms with Crippen LogP contribution >= 0.6 is 0 Å². The van der Waals surface area contributed by atoms with Crippen LogP contribution < -0.4 is 5.56 Å². The Labute approximate surface area is 110 Å². The lowest BCUT2D eigenvalue weighted by Crippen LogP contribution is -2.04. The maximum atomic E-state index is 11.2. The quantitative estimate of drug-likeness (QED) is 0.780. The second-order valence-corrected chi connectivity index (χ2v) is 4.52. The minimum absolute atomic E-state index is 0.0955. The Bertz CT molecular complexity index is 750. The fraction of sp³-hybridized carbons (Fsp3) is 0.200. The highest BCUT2D eigenvalue weighted by Crippen LogP contribution is 2.24. The molecule has 0 saturated carbocycles. The molecular formula is C15H15N3O. The summed E-state index contributed by atoms with van der Waals surface area (Å²) in [4.78, 5) is 18.5. The van der Waals surface area contributed by atoms with Gasteiger partial charge >= 0.3 is 0 Å². The lowest BCUT2D eigenvalue weighted by molar-refractivity contribution is 0.704. The highest BCUT2D eigenvalue weighted by molar-refractivity contribution is 5.80. The van der Waals surface area contributed by atoms with Crippen LogP contribution in [-0.4, -0.2) is 14.5 Å². The first-order chi connectivity index (χ1) is 9.29. The van der Waals surface area contributed by atoms with E-state index in [4.69, 9.17) is 0 Å². The summed E-state index contributed by atoms with van der Waals surface area (Å²) >= 11 is 0. The van der Waals surface area contributed by atoms with Gasteiger partial charge in [-0.25, -0.2) is 4.98 Å². The molecule has 0 fully saturated rings. The van der Waals surface area contributed by atoms with Gasteiger partial charge in [0.25, 0.3) is 0 Å². The van der Waals surface area contributed by atoms with E-state index in [9.17, 15) is 4.79 Å². The van der Waals surface area contributed by atoms with Gasteiger partial charge in [0, 0.05) is 24.4 Å². The largest absolute Gasteiger partial charge is 0.328 e. The molecule has 0 saturated heterocycles. The lowest BCUT2D eigenvalue weighted by Gasteiger charge is -2.07. The monoisotopic (exact) mass is 253 g/mol. The summed E-state index contributed by atoms with van der Waals surface area (Å²) < 4.78 is 2.20. The molecule has 19 heavy (non-hydrogen) atoms. The molecule has 2 heterocycles. The van der Waals surface area contributed by atoms with Gasteiger partial charge in [0.1, 0.15) is 5.82 Å². The fourth-order valence-corrected chi connectivity index (χ4v) is 2.30. The number of aromatic amines is 1. The number of fused-ring (bicyclic) bond motifs is 1. The number of H-pyrrole nitrogens is 1. The van der Waals surface area contributed by atoms with Gasteiger partial charge in [0.2, 0.25) is 5.56 Å². The minimum Gasteiger partial charge on any atom is -0.328 e. The molecule has 0 radical (unpaired) electrons.